The van der Waals surface area contributed by atoms with Crippen LogP contribution >= 0.6 is 0 Å². The molecule has 0 spiro atoms. The van der Waals surface area contributed by atoms with E-state index in [-0.39, 0.29) is 29.6 Å². The maximum Gasteiger partial charge on any atom is 0.416 e. The molecule has 11 heteroatoms. The van der Waals surface area contributed by atoms with Gasteiger partial charge in [0.15, 0.2) is 0 Å². The van der Waals surface area contributed by atoms with Gasteiger partial charge in [-0.2, -0.15) is 13.2 Å². The zero-order valence-electron chi connectivity index (χ0n) is 25.5. The van der Waals surface area contributed by atoms with Gasteiger partial charge in [0.1, 0.15) is 12.6 Å². The summed E-state index contributed by atoms with van der Waals surface area (Å²) in [4.78, 5) is 29.3. The summed E-state index contributed by atoms with van der Waals surface area (Å²) in [7, 11) is -4.53. The fourth-order valence-electron chi connectivity index (χ4n) is 4.86. The second-order valence-corrected chi connectivity index (χ2v) is 12.8. The minimum atomic E-state index is -4.75. The lowest BCUT2D eigenvalue weighted by Crippen LogP contribution is -2.54. The van der Waals surface area contributed by atoms with Crippen LogP contribution in [0, 0.1) is 0 Å². The van der Waals surface area contributed by atoms with E-state index < -0.39 is 46.2 Å². The van der Waals surface area contributed by atoms with E-state index in [0.29, 0.717) is 22.4 Å². The third kappa shape index (κ3) is 8.75. The average molecular weight is 652 g/mol. The molecule has 0 aliphatic carbocycles. The highest BCUT2D eigenvalue weighted by molar-refractivity contribution is 7.92. The average Bonchev–Trinajstić information content (AvgIpc) is 3.06. The molecule has 4 aromatic rings. The van der Waals surface area contributed by atoms with Gasteiger partial charge in [0, 0.05) is 19.0 Å². The minimum Gasteiger partial charge on any atom is -0.352 e. The van der Waals surface area contributed by atoms with E-state index in [1.807, 2.05) is 44.2 Å². The Bertz CT molecular complexity index is 1700. The van der Waals surface area contributed by atoms with Crippen molar-refractivity contribution < 1.29 is 31.2 Å². The van der Waals surface area contributed by atoms with E-state index in [1.54, 1.807) is 36.4 Å². The fraction of sp³-hybridized carbons (Fsp3) is 0.257. The van der Waals surface area contributed by atoms with Gasteiger partial charge in [-0.1, -0.05) is 91.9 Å². The summed E-state index contributed by atoms with van der Waals surface area (Å²) in [5.41, 5.74) is 0.0446. The van der Waals surface area contributed by atoms with Crippen molar-refractivity contribution >= 4 is 27.5 Å². The number of nitrogens with one attached hydrogen (secondary N) is 1. The van der Waals surface area contributed by atoms with Crippen LogP contribution in [-0.4, -0.2) is 43.8 Å². The van der Waals surface area contributed by atoms with E-state index in [2.05, 4.69) is 5.32 Å². The van der Waals surface area contributed by atoms with Crippen LogP contribution in [0.15, 0.2) is 120 Å². The predicted molar refractivity (Wildman–Crippen MR) is 171 cm³/mol. The lowest BCUT2D eigenvalue weighted by molar-refractivity contribution is -0.140. The number of hydrogen-bond donors (Lipinski definition) is 1. The minimum absolute atomic E-state index is 0.0487. The molecule has 0 heterocycles. The fourth-order valence-corrected chi connectivity index (χ4v) is 6.29. The van der Waals surface area contributed by atoms with Crippen molar-refractivity contribution in [3.63, 3.8) is 0 Å². The lowest BCUT2D eigenvalue weighted by Gasteiger charge is -2.34. The Morgan fingerprint density at radius 2 is 1.37 bits per heavy atom. The third-order valence-corrected chi connectivity index (χ3v) is 9.33. The van der Waals surface area contributed by atoms with Crippen LogP contribution in [0.25, 0.3) is 0 Å². The summed E-state index contributed by atoms with van der Waals surface area (Å²) in [6.45, 7) is 2.84. The predicted octanol–water partition coefficient (Wildman–Crippen LogP) is 6.46. The molecule has 4 aromatic carbocycles. The Labute approximate surface area is 267 Å². The van der Waals surface area contributed by atoms with Crippen LogP contribution in [0.3, 0.4) is 0 Å². The molecular formula is C35H36F3N3O4S. The number of alkyl halides is 3. The summed E-state index contributed by atoms with van der Waals surface area (Å²) in [5.74, 6) is -1.19. The first-order valence-electron chi connectivity index (χ1n) is 14.8. The van der Waals surface area contributed by atoms with Gasteiger partial charge < -0.3 is 10.2 Å². The Balaban J connectivity index is 1.83. The van der Waals surface area contributed by atoms with Crippen molar-refractivity contribution in [2.75, 3.05) is 10.8 Å². The zero-order valence-corrected chi connectivity index (χ0v) is 26.3. The van der Waals surface area contributed by atoms with Gasteiger partial charge in [0.2, 0.25) is 11.8 Å². The van der Waals surface area contributed by atoms with Crippen molar-refractivity contribution in [1.82, 2.24) is 10.2 Å². The summed E-state index contributed by atoms with van der Waals surface area (Å²) in [6, 6.07) is 27.7. The number of carbonyl (C=O) groups is 2. The first-order chi connectivity index (χ1) is 21.9. The molecule has 0 saturated heterocycles. The quantitative estimate of drug-likeness (QED) is 0.180. The Morgan fingerprint density at radius 1 is 0.804 bits per heavy atom. The molecule has 2 amide bonds. The molecule has 0 radical (unpaired) electrons. The maximum absolute atomic E-state index is 14.4. The van der Waals surface area contributed by atoms with Crippen molar-refractivity contribution in [3.8, 4) is 0 Å². The van der Waals surface area contributed by atoms with Crippen molar-refractivity contribution in [2.24, 2.45) is 0 Å². The molecule has 0 fully saturated rings. The summed E-state index contributed by atoms with van der Waals surface area (Å²) in [6.07, 6.45) is -4.00. The number of halogens is 3. The first-order valence-corrected chi connectivity index (χ1v) is 16.3. The number of benzene rings is 4. The number of nitrogens with zero attached hydrogens (tertiary/aromatic N) is 2. The molecule has 0 unspecified atom stereocenters. The van der Waals surface area contributed by atoms with E-state index >= 15 is 0 Å². The molecule has 0 aliphatic heterocycles. The number of anilines is 1. The van der Waals surface area contributed by atoms with E-state index in [9.17, 15) is 31.2 Å². The molecule has 2 atom stereocenters. The number of carbonyl (C=O) groups excluding carboxylic acids is 2. The zero-order chi connectivity index (χ0) is 33.3. The Kier molecular flexibility index (Phi) is 11.2. The van der Waals surface area contributed by atoms with E-state index in [4.69, 9.17) is 0 Å². The summed E-state index contributed by atoms with van der Waals surface area (Å²) < 4.78 is 69.8. The number of amides is 2. The van der Waals surface area contributed by atoms with Crippen LogP contribution in [0.5, 0.6) is 0 Å². The number of sulfonamides is 1. The second-order valence-electron chi connectivity index (χ2n) is 10.9. The van der Waals surface area contributed by atoms with Crippen LogP contribution in [0.1, 0.15) is 37.0 Å². The molecule has 4 rings (SSSR count). The molecule has 46 heavy (non-hydrogen) atoms. The third-order valence-electron chi connectivity index (χ3n) is 7.54. The van der Waals surface area contributed by atoms with Gasteiger partial charge in [-0.3, -0.25) is 13.9 Å². The number of hydrogen-bond acceptors (Lipinski definition) is 4. The normalized spacial score (nSPS) is 13.0. The molecule has 7 nitrogen and oxygen atoms in total. The SMILES string of the molecule is CC[C@@H](C)NC(=O)[C@H](Cc1ccccc1)N(Cc1ccccc1)C(=O)CN(c1cccc(C(F)(F)F)c1)S(=O)(=O)c1ccccc1. The molecule has 0 aromatic heterocycles. The molecular weight excluding hydrogens is 615 g/mol. The smallest absolute Gasteiger partial charge is 0.352 e. The second kappa shape index (κ2) is 15.1. The molecule has 242 valence electrons. The monoisotopic (exact) mass is 651 g/mol. The molecule has 0 aliphatic rings. The van der Waals surface area contributed by atoms with Crippen molar-refractivity contribution in [1.29, 1.82) is 0 Å². The van der Waals surface area contributed by atoms with Gasteiger partial charge in [-0.05, 0) is 54.8 Å². The van der Waals surface area contributed by atoms with Crippen LogP contribution in [-0.2, 0) is 38.8 Å². The first kappa shape index (κ1) is 34.2. The van der Waals surface area contributed by atoms with Gasteiger partial charge in [0.05, 0.1) is 16.1 Å². The van der Waals surface area contributed by atoms with Crippen LogP contribution in [0.4, 0.5) is 18.9 Å². The van der Waals surface area contributed by atoms with Crippen molar-refractivity contribution in [2.45, 2.75) is 56.4 Å². The molecule has 0 saturated carbocycles. The largest absolute Gasteiger partial charge is 0.416 e. The van der Waals surface area contributed by atoms with Gasteiger partial charge in [-0.15, -0.1) is 0 Å². The van der Waals surface area contributed by atoms with Crippen molar-refractivity contribution in [3.05, 3.63) is 132 Å². The topological polar surface area (TPSA) is 86.8 Å². The Morgan fingerprint density at radius 3 is 1.93 bits per heavy atom. The Hall–Kier alpha value is -4.64. The molecule has 0 bridgehead atoms. The lowest BCUT2D eigenvalue weighted by atomic mass is 10.0. The van der Waals surface area contributed by atoms with Gasteiger partial charge in [0.25, 0.3) is 10.0 Å². The highest BCUT2D eigenvalue weighted by atomic mass is 32.2. The van der Waals surface area contributed by atoms with E-state index in [0.717, 1.165) is 17.7 Å². The van der Waals surface area contributed by atoms with Crippen LogP contribution in [0.2, 0.25) is 0 Å². The van der Waals surface area contributed by atoms with Gasteiger partial charge in [-0.25, -0.2) is 8.42 Å². The number of rotatable bonds is 13. The van der Waals surface area contributed by atoms with Gasteiger partial charge >= 0.3 is 6.18 Å². The maximum atomic E-state index is 14.4. The highest BCUT2D eigenvalue weighted by Gasteiger charge is 2.36. The summed E-state index contributed by atoms with van der Waals surface area (Å²) >= 11 is 0. The van der Waals surface area contributed by atoms with Crippen LogP contribution < -0.4 is 9.62 Å². The standard InChI is InChI=1S/C35H36F3N3O4S/c1-3-26(2)39-34(43)32(22-27-14-7-4-8-15-27)40(24-28-16-9-5-10-17-28)33(42)25-41(46(44,45)31-20-11-6-12-21-31)30-19-13-18-29(23-30)35(36,37)38/h4-21,23,26,32H,3,22,24-25H2,1-2H3,(H,39,43)/t26-,32+/m1/s1. The van der Waals surface area contributed by atoms with E-state index in [1.165, 1.54) is 35.2 Å². The highest BCUT2D eigenvalue weighted by Crippen LogP contribution is 2.33. The summed E-state index contributed by atoms with van der Waals surface area (Å²) in [5, 5.41) is 2.95. The molecule has 1 N–H and O–H groups in total.